The maximum atomic E-state index is 11.3. The normalized spacial score (nSPS) is 13.9. The molecule has 0 saturated heterocycles. The number of pyridine rings is 1. The average Bonchev–Trinajstić information content (AvgIpc) is 2.74. The molecule has 0 aliphatic rings. The topological polar surface area (TPSA) is 108 Å². The molecule has 2 aromatic carbocycles. The lowest BCUT2D eigenvalue weighted by Gasteiger charge is -2.25. The Morgan fingerprint density at radius 3 is 2.27 bits per heavy atom. The van der Waals surface area contributed by atoms with Crippen molar-refractivity contribution in [3.05, 3.63) is 90.3 Å². The van der Waals surface area contributed by atoms with Crippen molar-refractivity contribution in [3.8, 4) is 11.1 Å². The highest BCUT2D eigenvalue weighted by Crippen LogP contribution is 2.20. The number of carboxylic acid groups (broad SMARTS) is 1. The van der Waals surface area contributed by atoms with Gasteiger partial charge in [-0.1, -0.05) is 60.7 Å². The van der Waals surface area contributed by atoms with Gasteiger partial charge in [0.05, 0.1) is 12.1 Å². The van der Waals surface area contributed by atoms with Crippen LogP contribution in [0.2, 0.25) is 0 Å². The van der Waals surface area contributed by atoms with E-state index in [1.165, 1.54) is 0 Å². The van der Waals surface area contributed by atoms with Crippen LogP contribution >= 0.6 is 0 Å². The summed E-state index contributed by atoms with van der Waals surface area (Å²) in [6.07, 6.45) is 2.76. The van der Waals surface area contributed by atoms with Gasteiger partial charge in [0.15, 0.2) is 0 Å². The second kappa shape index (κ2) is 10.5. The van der Waals surface area contributed by atoms with E-state index in [1.807, 2.05) is 66.7 Å². The number of carbonyl (C=O) groups is 1. The Bertz CT molecular complexity index is 917. The maximum Gasteiger partial charge on any atom is 0.404 e. The molecule has 5 N–H and O–H groups in total. The third-order valence-corrected chi connectivity index (χ3v) is 5.06. The van der Waals surface area contributed by atoms with Crippen LogP contribution in [0.1, 0.15) is 17.5 Å². The lowest BCUT2D eigenvalue weighted by atomic mass is 9.93. The second-order valence-corrected chi connectivity index (χ2v) is 7.45. The summed E-state index contributed by atoms with van der Waals surface area (Å²) in [7, 11) is 0. The van der Waals surface area contributed by atoms with E-state index < -0.39 is 18.2 Å². The molecule has 1 heterocycles. The van der Waals surface area contributed by atoms with E-state index in [2.05, 4.69) is 10.3 Å². The van der Waals surface area contributed by atoms with E-state index in [0.717, 1.165) is 22.3 Å². The first kappa shape index (κ1) is 21.5. The van der Waals surface area contributed by atoms with Crippen molar-refractivity contribution in [2.24, 2.45) is 5.73 Å². The van der Waals surface area contributed by atoms with Crippen molar-refractivity contribution >= 4 is 6.09 Å². The monoisotopic (exact) mass is 405 g/mol. The molecule has 30 heavy (non-hydrogen) atoms. The minimum absolute atomic E-state index is 0.270. The summed E-state index contributed by atoms with van der Waals surface area (Å²) < 4.78 is 0. The number of hydrogen-bond acceptors (Lipinski definition) is 4. The van der Waals surface area contributed by atoms with Crippen molar-refractivity contribution in [1.29, 1.82) is 0 Å². The number of aromatic nitrogens is 1. The molecule has 1 aromatic heterocycles. The smallest absolute Gasteiger partial charge is 0.404 e. The molecule has 0 fully saturated rings. The Labute approximate surface area is 176 Å². The van der Waals surface area contributed by atoms with Crippen LogP contribution in [0, 0.1) is 0 Å². The van der Waals surface area contributed by atoms with Gasteiger partial charge in [-0.25, -0.2) is 4.79 Å². The van der Waals surface area contributed by atoms with Crippen molar-refractivity contribution < 1.29 is 15.0 Å². The summed E-state index contributed by atoms with van der Waals surface area (Å²) in [6.45, 7) is 0. The Kier molecular flexibility index (Phi) is 7.54. The molecule has 0 bridgehead atoms. The predicted octanol–water partition coefficient (Wildman–Crippen LogP) is 3.25. The van der Waals surface area contributed by atoms with Crippen LogP contribution in [0.3, 0.4) is 0 Å². The van der Waals surface area contributed by atoms with E-state index in [-0.39, 0.29) is 6.04 Å². The van der Waals surface area contributed by atoms with E-state index in [0.29, 0.717) is 19.3 Å². The summed E-state index contributed by atoms with van der Waals surface area (Å²) in [5.41, 5.74) is 10.3. The Morgan fingerprint density at radius 2 is 1.63 bits per heavy atom. The van der Waals surface area contributed by atoms with Gasteiger partial charge >= 0.3 is 6.09 Å². The van der Waals surface area contributed by atoms with Crippen molar-refractivity contribution in [2.45, 2.75) is 37.5 Å². The van der Waals surface area contributed by atoms with Gasteiger partial charge in [0.25, 0.3) is 0 Å². The number of aliphatic hydroxyl groups is 1. The Balaban J connectivity index is 1.64. The molecular formula is C24H27N3O3. The average molecular weight is 405 g/mol. The number of benzene rings is 2. The zero-order chi connectivity index (χ0) is 21.3. The molecule has 0 aliphatic carbocycles. The summed E-state index contributed by atoms with van der Waals surface area (Å²) in [5.74, 6) is 0. The molecule has 1 amide bonds. The van der Waals surface area contributed by atoms with Crippen molar-refractivity contribution in [3.63, 3.8) is 0 Å². The molecule has 3 rings (SSSR count). The van der Waals surface area contributed by atoms with Gasteiger partial charge in [-0.2, -0.15) is 0 Å². The van der Waals surface area contributed by atoms with Gasteiger partial charge in [0, 0.05) is 18.4 Å². The summed E-state index contributed by atoms with van der Waals surface area (Å²) in [5, 5.41) is 22.3. The molecule has 0 radical (unpaired) electrons. The van der Waals surface area contributed by atoms with Gasteiger partial charge < -0.3 is 21.3 Å². The van der Waals surface area contributed by atoms with E-state index in [4.69, 9.17) is 5.73 Å². The molecule has 0 spiro atoms. The lowest BCUT2D eigenvalue weighted by molar-refractivity contribution is 0.105. The second-order valence-electron chi connectivity index (χ2n) is 7.45. The van der Waals surface area contributed by atoms with Gasteiger partial charge in [-0.15, -0.1) is 0 Å². The standard InChI is InChI=1S/C24H27N3O3/c25-21(13-17-5-2-1-3-6-17)15-23(28)22(27-24(29)30)14-18-8-10-19(11-9-18)20-7-4-12-26-16-20/h1-12,16,21-23,27-28H,13-15,25H2,(H,29,30)/t21-,22-,23-/m0/s1. The number of hydrogen-bond donors (Lipinski definition) is 4. The number of nitrogens with one attached hydrogen (secondary N) is 1. The molecule has 0 aliphatic heterocycles. The first-order chi connectivity index (χ1) is 14.5. The molecule has 3 atom stereocenters. The highest BCUT2D eigenvalue weighted by Gasteiger charge is 2.24. The molecule has 6 heteroatoms. The van der Waals surface area contributed by atoms with Gasteiger partial charge in [0.1, 0.15) is 0 Å². The van der Waals surface area contributed by atoms with Crippen LogP contribution < -0.4 is 11.1 Å². The number of rotatable bonds is 9. The van der Waals surface area contributed by atoms with Gasteiger partial charge in [-0.05, 0) is 47.6 Å². The Hall–Kier alpha value is -3.22. The number of nitrogens with zero attached hydrogens (tertiary/aromatic N) is 1. The maximum absolute atomic E-state index is 11.3. The fourth-order valence-corrected chi connectivity index (χ4v) is 3.54. The van der Waals surface area contributed by atoms with Crippen LogP contribution in [0.15, 0.2) is 79.1 Å². The van der Waals surface area contributed by atoms with Crippen LogP contribution in [0.25, 0.3) is 11.1 Å². The zero-order valence-corrected chi connectivity index (χ0v) is 16.7. The lowest BCUT2D eigenvalue weighted by Crippen LogP contribution is -2.46. The summed E-state index contributed by atoms with van der Waals surface area (Å²) >= 11 is 0. The third-order valence-electron chi connectivity index (χ3n) is 5.06. The zero-order valence-electron chi connectivity index (χ0n) is 16.7. The van der Waals surface area contributed by atoms with Crippen molar-refractivity contribution in [1.82, 2.24) is 10.3 Å². The van der Waals surface area contributed by atoms with Crippen molar-refractivity contribution in [2.75, 3.05) is 0 Å². The first-order valence-electron chi connectivity index (χ1n) is 9.97. The molecular weight excluding hydrogens is 378 g/mol. The van der Waals surface area contributed by atoms with Crippen LogP contribution in [0.4, 0.5) is 4.79 Å². The molecule has 6 nitrogen and oxygen atoms in total. The number of aliphatic hydroxyl groups excluding tert-OH is 1. The van der Waals surface area contributed by atoms with E-state index >= 15 is 0 Å². The van der Waals surface area contributed by atoms with Gasteiger partial charge in [-0.3, -0.25) is 4.98 Å². The van der Waals surface area contributed by atoms with Gasteiger partial charge in [0.2, 0.25) is 0 Å². The third kappa shape index (κ3) is 6.40. The molecule has 0 unspecified atom stereocenters. The summed E-state index contributed by atoms with van der Waals surface area (Å²) in [6, 6.07) is 20.6. The minimum Gasteiger partial charge on any atom is -0.465 e. The number of amides is 1. The molecule has 0 saturated carbocycles. The fraction of sp³-hybridized carbons (Fsp3) is 0.250. The Morgan fingerprint density at radius 1 is 0.933 bits per heavy atom. The summed E-state index contributed by atoms with van der Waals surface area (Å²) in [4.78, 5) is 15.4. The predicted molar refractivity (Wildman–Crippen MR) is 117 cm³/mol. The highest BCUT2D eigenvalue weighted by molar-refractivity contribution is 5.65. The van der Waals surface area contributed by atoms with Crippen LogP contribution in [0.5, 0.6) is 0 Å². The largest absolute Gasteiger partial charge is 0.465 e. The number of nitrogens with two attached hydrogens (primary N) is 1. The molecule has 3 aromatic rings. The minimum atomic E-state index is -1.16. The van der Waals surface area contributed by atoms with Crippen LogP contribution in [-0.2, 0) is 12.8 Å². The van der Waals surface area contributed by atoms with E-state index in [9.17, 15) is 15.0 Å². The quantitative estimate of drug-likeness (QED) is 0.437. The van der Waals surface area contributed by atoms with E-state index in [1.54, 1.807) is 12.4 Å². The highest BCUT2D eigenvalue weighted by atomic mass is 16.4. The molecule has 156 valence electrons. The SMILES string of the molecule is N[C@@H](Cc1ccccc1)C[C@H](O)[C@H](Cc1ccc(-c2cccnc2)cc1)NC(=O)O. The fourth-order valence-electron chi connectivity index (χ4n) is 3.54. The first-order valence-corrected chi connectivity index (χ1v) is 9.97. The van der Waals surface area contributed by atoms with Crippen LogP contribution in [-0.4, -0.2) is 39.5 Å².